The minimum Gasteiger partial charge on any atom is -0.395 e. The fraction of sp³-hybridized carbons (Fsp3) is 0.571. The van der Waals surface area contributed by atoms with Crippen molar-refractivity contribution in [3.63, 3.8) is 0 Å². The third kappa shape index (κ3) is 3.53. The highest BCUT2D eigenvalue weighted by Gasteiger charge is 2.16. The number of aliphatic hydroxyl groups is 1. The first kappa shape index (κ1) is 13.5. The standard InChI is InChI=1S/C14H23N3O/c15-11-13-3-1-2-4-14(13)12-17-7-5-16(6-8-17)9-10-18/h1-4,18H,5-12,15H2. The van der Waals surface area contributed by atoms with Gasteiger partial charge in [-0.3, -0.25) is 9.80 Å². The van der Waals surface area contributed by atoms with Crippen LogP contribution in [0.2, 0.25) is 0 Å². The molecule has 1 aromatic rings. The van der Waals surface area contributed by atoms with Crippen LogP contribution in [-0.2, 0) is 13.1 Å². The first-order valence-corrected chi connectivity index (χ1v) is 6.66. The predicted molar refractivity (Wildman–Crippen MR) is 73.1 cm³/mol. The highest BCUT2D eigenvalue weighted by atomic mass is 16.3. The van der Waals surface area contributed by atoms with E-state index in [-0.39, 0.29) is 6.61 Å². The van der Waals surface area contributed by atoms with Crippen molar-refractivity contribution in [3.8, 4) is 0 Å². The van der Waals surface area contributed by atoms with Gasteiger partial charge in [0.1, 0.15) is 0 Å². The van der Waals surface area contributed by atoms with Gasteiger partial charge in [0.05, 0.1) is 6.61 Å². The van der Waals surface area contributed by atoms with Crippen molar-refractivity contribution in [2.75, 3.05) is 39.3 Å². The van der Waals surface area contributed by atoms with Crippen LogP contribution in [0.5, 0.6) is 0 Å². The molecule has 1 aliphatic rings. The molecule has 1 aliphatic heterocycles. The monoisotopic (exact) mass is 249 g/mol. The first-order valence-electron chi connectivity index (χ1n) is 6.66. The van der Waals surface area contributed by atoms with E-state index in [9.17, 15) is 0 Å². The summed E-state index contributed by atoms with van der Waals surface area (Å²) in [5.41, 5.74) is 8.35. The fourth-order valence-electron chi connectivity index (χ4n) is 2.46. The van der Waals surface area contributed by atoms with Gasteiger partial charge in [0.15, 0.2) is 0 Å². The summed E-state index contributed by atoms with van der Waals surface area (Å²) in [7, 11) is 0. The molecule has 0 unspecified atom stereocenters. The summed E-state index contributed by atoms with van der Waals surface area (Å²) in [6, 6.07) is 8.40. The Hall–Kier alpha value is -0.940. The van der Waals surface area contributed by atoms with E-state index in [1.165, 1.54) is 11.1 Å². The van der Waals surface area contributed by atoms with Crippen LogP contribution < -0.4 is 5.73 Å². The number of aliphatic hydroxyl groups excluding tert-OH is 1. The zero-order valence-electron chi connectivity index (χ0n) is 10.9. The molecule has 100 valence electrons. The van der Waals surface area contributed by atoms with Crippen molar-refractivity contribution >= 4 is 0 Å². The number of benzene rings is 1. The highest BCUT2D eigenvalue weighted by molar-refractivity contribution is 5.26. The topological polar surface area (TPSA) is 52.7 Å². The second kappa shape index (κ2) is 6.85. The predicted octanol–water partition coefficient (Wildman–Crippen LogP) is 0.255. The van der Waals surface area contributed by atoms with E-state index in [0.29, 0.717) is 6.54 Å². The quantitative estimate of drug-likeness (QED) is 0.786. The van der Waals surface area contributed by atoms with Crippen LogP contribution in [0.3, 0.4) is 0 Å². The molecule has 0 saturated carbocycles. The molecule has 0 aliphatic carbocycles. The minimum absolute atomic E-state index is 0.260. The zero-order valence-corrected chi connectivity index (χ0v) is 10.9. The van der Waals surface area contributed by atoms with E-state index in [1.807, 2.05) is 6.07 Å². The minimum atomic E-state index is 0.260. The lowest BCUT2D eigenvalue weighted by molar-refractivity contribution is 0.108. The summed E-state index contributed by atoms with van der Waals surface area (Å²) in [6.07, 6.45) is 0. The van der Waals surface area contributed by atoms with Gasteiger partial charge in [0, 0.05) is 45.8 Å². The van der Waals surface area contributed by atoms with Crippen LogP contribution >= 0.6 is 0 Å². The second-order valence-corrected chi connectivity index (χ2v) is 4.81. The molecule has 1 saturated heterocycles. The van der Waals surface area contributed by atoms with E-state index in [2.05, 4.69) is 28.0 Å². The molecular formula is C14H23N3O. The number of hydrogen-bond donors (Lipinski definition) is 2. The molecular weight excluding hydrogens is 226 g/mol. The Morgan fingerprint density at radius 2 is 1.61 bits per heavy atom. The van der Waals surface area contributed by atoms with Crippen LogP contribution in [0.4, 0.5) is 0 Å². The second-order valence-electron chi connectivity index (χ2n) is 4.81. The van der Waals surface area contributed by atoms with Crippen molar-refractivity contribution in [1.29, 1.82) is 0 Å². The van der Waals surface area contributed by atoms with Crippen molar-refractivity contribution in [2.45, 2.75) is 13.1 Å². The van der Waals surface area contributed by atoms with Gasteiger partial charge in [-0.05, 0) is 11.1 Å². The number of nitrogens with two attached hydrogens (primary N) is 1. The van der Waals surface area contributed by atoms with Gasteiger partial charge in [0.25, 0.3) is 0 Å². The van der Waals surface area contributed by atoms with E-state index in [4.69, 9.17) is 10.8 Å². The van der Waals surface area contributed by atoms with Crippen molar-refractivity contribution in [1.82, 2.24) is 9.80 Å². The summed E-state index contributed by atoms with van der Waals surface area (Å²) in [4.78, 5) is 4.77. The lowest BCUT2D eigenvalue weighted by atomic mass is 10.1. The number of hydrogen-bond acceptors (Lipinski definition) is 4. The molecule has 3 N–H and O–H groups in total. The number of β-amino-alcohol motifs (C(OH)–C–C–N with tert-alkyl or cyclic N) is 1. The third-order valence-electron chi connectivity index (χ3n) is 3.61. The molecule has 18 heavy (non-hydrogen) atoms. The van der Waals surface area contributed by atoms with Gasteiger partial charge in [-0.2, -0.15) is 0 Å². The van der Waals surface area contributed by atoms with Crippen LogP contribution in [0.1, 0.15) is 11.1 Å². The zero-order chi connectivity index (χ0) is 12.8. The molecule has 2 rings (SSSR count). The number of rotatable bonds is 5. The molecule has 1 heterocycles. The Morgan fingerprint density at radius 3 is 2.22 bits per heavy atom. The first-order chi connectivity index (χ1) is 8.83. The van der Waals surface area contributed by atoms with Gasteiger partial charge in [0.2, 0.25) is 0 Å². The van der Waals surface area contributed by atoms with Crippen LogP contribution in [-0.4, -0.2) is 54.2 Å². The van der Waals surface area contributed by atoms with Gasteiger partial charge in [-0.15, -0.1) is 0 Å². The SMILES string of the molecule is NCc1ccccc1CN1CCN(CCO)CC1. The molecule has 0 radical (unpaired) electrons. The normalized spacial score (nSPS) is 18.1. The van der Waals surface area contributed by atoms with Crippen LogP contribution in [0, 0.1) is 0 Å². The summed E-state index contributed by atoms with van der Waals surface area (Å²) in [5.74, 6) is 0. The lowest BCUT2D eigenvalue weighted by Gasteiger charge is -2.34. The van der Waals surface area contributed by atoms with E-state index in [1.54, 1.807) is 0 Å². The Bertz CT molecular complexity index is 362. The molecule has 4 heteroatoms. The summed E-state index contributed by atoms with van der Waals surface area (Å²) < 4.78 is 0. The molecule has 1 aromatic carbocycles. The smallest absolute Gasteiger partial charge is 0.0558 e. The molecule has 0 amide bonds. The average Bonchev–Trinajstić information content (AvgIpc) is 2.42. The third-order valence-corrected chi connectivity index (χ3v) is 3.61. The maximum absolute atomic E-state index is 8.92. The van der Waals surface area contributed by atoms with Crippen molar-refractivity contribution in [2.24, 2.45) is 5.73 Å². The molecule has 0 atom stereocenters. The molecule has 0 bridgehead atoms. The fourth-order valence-corrected chi connectivity index (χ4v) is 2.46. The largest absolute Gasteiger partial charge is 0.395 e. The van der Waals surface area contributed by atoms with Gasteiger partial charge in [-0.1, -0.05) is 24.3 Å². The van der Waals surface area contributed by atoms with Gasteiger partial charge < -0.3 is 10.8 Å². The Morgan fingerprint density at radius 1 is 1.00 bits per heavy atom. The highest BCUT2D eigenvalue weighted by Crippen LogP contribution is 2.12. The number of piperazine rings is 1. The molecule has 0 aromatic heterocycles. The van der Waals surface area contributed by atoms with Crippen molar-refractivity contribution < 1.29 is 5.11 Å². The van der Waals surface area contributed by atoms with E-state index < -0.39 is 0 Å². The molecule has 1 fully saturated rings. The summed E-state index contributed by atoms with van der Waals surface area (Å²) in [6.45, 7) is 6.89. The molecule has 4 nitrogen and oxygen atoms in total. The van der Waals surface area contributed by atoms with E-state index >= 15 is 0 Å². The van der Waals surface area contributed by atoms with Gasteiger partial charge >= 0.3 is 0 Å². The van der Waals surface area contributed by atoms with Crippen molar-refractivity contribution in [3.05, 3.63) is 35.4 Å². The summed E-state index contributed by atoms with van der Waals surface area (Å²) >= 11 is 0. The summed E-state index contributed by atoms with van der Waals surface area (Å²) in [5, 5.41) is 8.92. The van der Waals surface area contributed by atoms with Crippen LogP contribution in [0.15, 0.2) is 24.3 Å². The van der Waals surface area contributed by atoms with Crippen LogP contribution in [0.25, 0.3) is 0 Å². The van der Waals surface area contributed by atoms with E-state index in [0.717, 1.165) is 39.3 Å². The lowest BCUT2D eigenvalue weighted by Crippen LogP contribution is -2.46. The van der Waals surface area contributed by atoms with Gasteiger partial charge in [-0.25, -0.2) is 0 Å². The number of nitrogens with zero attached hydrogens (tertiary/aromatic N) is 2. The maximum atomic E-state index is 8.92. The molecule has 0 spiro atoms. The Kier molecular flexibility index (Phi) is 5.13. The average molecular weight is 249 g/mol. The Labute approximate surface area is 109 Å². The Balaban J connectivity index is 1.87. The maximum Gasteiger partial charge on any atom is 0.0558 e.